The van der Waals surface area contributed by atoms with Gasteiger partial charge in [0.25, 0.3) is 0 Å². The second-order valence-electron chi connectivity index (χ2n) is 7.62. The van der Waals surface area contributed by atoms with E-state index < -0.39 is 29.3 Å². The van der Waals surface area contributed by atoms with Crippen LogP contribution in [0.3, 0.4) is 0 Å². The van der Waals surface area contributed by atoms with Crippen LogP contribution in [0.15, 0.2) is 47.3 Å². The van der Waals surface area contributed by atoms with Crippen LogP contribution in [0.5, 0.6) is 0 Å². The molecule has 0 radical (unpaired) electrons. The van der Waals surface area contributed by atoms with Crippen LogP contribution in [-0.2, 0) is 9.47 Å². The third-order valence-corrected chi connectivity index (χ3v) is 8.08. The van der Waals surface area contributed by atoms with Crippen molar-refractivity contribution in [2.75, 3.05) is 6.61 Å². The first-order valence-electron chi connectivity index (χ1n) is 9.45. The van der Waals surface area contributed by atoms with E-state index in [9.17, 15) is 10.2 Å². The lowest BCUT2D eigenvalue weighted by atomic mass is 10.0. The molecule has 11 heteroatoms. The van der Waals surface area contributed by atoms with Gasteiger partial charge in [-0.2, -0.15) is 5.10 Å². The summed E-state index contributed by atoms with van der Waals surface area (Å²) in [7, 11) is 0. The molecular formula is C19H17ClN4O4S2. The van der Waals surface area contributed by atoms with Crippen LogP contribution in [-0.4, -0.2) is 65.9 Å². The quantitative estimate of drug-likeness (QED) is 0.606. The normalized spacial score (nSPS) is 37.0. The first-order chi connectivity index (χ1) is 14.6. The maximum atomic E-state index is 11.1. The number of thioether (sulfide) groups is 1. The van der Waals surface area contributed by atoms with Gasteiger partial charge in [-0.1, -0.05) is 23.4 Å². The monoisotopic (exact) mass is 464 g/mol. The van der Waals surface area contributed by atoms with E-state index in [1.165, 1.54) is 23.1 Å². The van der Waals surface area contributed by atoms with Gasteiger partial charge in [0.15, 0.2) is 0 Å². The summed E-state index contributed by atoms with van der Waals surface area (Å²) in [4.78, 5) is 9.21. The van der Waals surface area contributed by atoms with E-state index in [4.69, 9.17) is 21.1 Å². The minimum Gasteiger partial charge on any atom is -0.389 e. The molecule has 30 heavy (non-hydrogen) atoms. The van der Waals surface area contributed by atoms with Crippen LogP contribution in [0, 0.1) is 5.92 Å². The van der Waals surface area contributed by atoms with Gasteiger partial charge < -0.3 is 19.7 Å². The molecule has 3 aromatic heterocycles. The van der Waals surface area contributed by atoms with Crippen molar-refractivity contribution in [3.05, 3.63) is 47.5 Å². The molecule has 2 N–H and O–H groups in total. The predicted octanol–water partition coefficient (Wildman–Crippen LogP) is 2.23. The minimum absolute atomic E-state index is 0.168. The fourth-order valence-electron chi connectivity index (χ4n) is 4.70. The summed E-state index contributed by atoms with van der Waals surface area (Å²) in [6.45, 7) is 0.168. The highest BCUT2D eigenvalue weighted by Gasteiger charge is 2.81. The number of ether oxygens (including phenoxy) is 2. The Morgan fingerprint density at radius 3 is 3.00 bits per heavy atom. The van der Waals surface area contributed by atoms with Crippen molar-refractivity contribution >= 4 is 34.7 Å². The number of aromatic nitrogens is 4. The van der Waals surface area contributed by atoms with Crippen LogP contribution in [0.4, 0.5) is 0 Å². The Morgan fingerprint density at radius 1 is 1.30 bits per heavy atom. The molecule has 3 aromatic rings. The number of thiazole rings is 1. The summed E-state index contributed by atoms with van der Waals surface area (Å²) < 4.78 is 14.0. The number of nitrogens with zero attached hydrogens (tertiary/aromatic N) is 4. The lowest BCUT2D eigenvalue weighted by Crippen LogP contribution is -2.49. The van der Waals surface area contributed by atoms with E-state index in [2.05, 4.69) is 15.1 Å². The van der Waals surface area contributed by atoms with Gasteiger partial charge in [0, 0.05) is 46.5 Å². The fourth-order valence-corrected chi connectivity index (χ4v) is 6.62. The van der Waals surface area contributed by atoms with Crippen molar-refractivity contribution in [1.82, 2.24) is 19.7 Å². The Hall–Kier alpha value is -1.53. The van der Waals surface area contributed by atoms with Crippen molar-refractivity contribution in [1.29, 1.82) is 0 Å². The summed E-state index contributed by atoms with van der Waals surface area (Å²) in [5, 5.41) is 29.5. The van der Waals surface area contributed by atoms with Crippen LogP contribution < -0.4 is 0 Å². The zero-order valence-electron chi connectivity index (χ0n) is 15.4. The molecule has 0 aromatic carbocycles. The molecular weight excluding hydrogens is 448 g/mol. The van der Waals surface area contributed by atoms with Gasteiger partial charge in [-0.15, -0.1) is 11.3 Å². The first-order valence-corrected chi connectivity index (χ1v) is 11.6. The number of hydrogen-bond acceptors (Lipinski definition) is 9. The van der Waals surface area contributed by atoms with Gasteiger partial charge in [-0.3, -0.25) is 9.67 Å². The van der Waals surface area contributed by atoms with E-state index in [0.29, 0.717) is 5.02 Å². The van der Waals surface area contributed by atoms with Gasteiger partial charge in [0.2, 0.25) is 0 Å². The molecule has 0 amide bonds. The molecule has 6 rings (SSSR count). The van der Waals surface area contributed by atoms with E-state index in [1.54, 1.807) is 30.9 Å². The molecule has 8 nitrogen and oxygen atoms in total. The average molecular weight is 465 g/mol. The standard InChI is InChI=1S/C19H17ClN4O4S2/c20-10-3-11(6-21-5-10)30-18-14(26)13-15(19(13)16(28-18)12(25)8-27-19)24-7-9(4-23-24)17-22-1-2-29-17/h1-7,12-16,18,25-26H,8H2/t12?,13?,14?,15?,16?,18-,19?/m1/s1. The summed E-state index contributed by atoms with van der Waals surface area (Å²) in [6.07, 6.45) is 6.53. The lowest BCUT2D eigenvalue weighted by molar-refractivity contribution is -0.138. The van der Waals surface area contributed by atoms with Crippen molar-refractivity contribution in [3.8, 4) is 10.6 Å². The molecule has 1 spiro atoms. The molecule has 0 bridgehead atoms. The van der Waals surface area contributed by atoms with E-state index >= 15 is 0 Å². The minimum atomic E-state index is -0.812. The Morgan fingerprint density at radius 2 is 2.20 bits per heavy atom. The fraction of sp³-hybridized carbons (Fsp3) is 0.421. The van der Waals surface area contributed by atoms with Crippen molar-refractivity contribution < 1.29 is 19.7 Å². The molecule has 2 aliphatic heterocycles. The Kier molecular flexibility index (Phi) is 4.47. The van der Waals surface area contributed by atoms with E-state index in [0.717, 1.165) is 15.5 Å². The van der Waals surface area contributed by atoms with Crippen LogP contribution in [0.1, 0.15) is 6.04 Å². The predicted molar refractivity (Wildman–Crippen MR) is 110 cm³/mol. The molecule has 6 unspecified atom stereocenters. The highest BCUT2D eigenvalue weighted by atomic mass is 35.5. The summed E-state index contributed by atoms with van der Waals surface area (Å²) >= 11 is 8.92. The summed E-state index contributed by atoms with van der Waals surface area (Å²) in [6, 6.07) is 1.54. The number of pyridine rings is 1. The molecule has 156 valence electrons. The average Bonchev–Trinajstić information content (AvgIpc) is 3.19. The van der Waals surface area contributed by atoms with Gasteiger partial charge in [-0.05, 0) is 6.07 Å². The molecule has 3 fully saturated rings. The topological polar surface area (TPSA) is 103 Å². The SMILES string of the molecule is OC1COC23C1O[C@H](Sc1cncc(Cl)c1)C(O)C2C3n1cc(-c2nccs2)cn1. The third kappa shape index (κ3) is 2.79. The zero-order chi connectivity index (χ0) is 20.5. The first kappa shape index (κ1) is 19.2. The number of aliphatic hydroxyl groups is 2. The Labute approximate surface area is 184 Å². The number of halogens is 1. The second-order valence-corrected chi connectivity index (χ2v) is 10.1. The molecule has 2 saturated heterocycles. The lowest BCUT2D eigenvalue weighted by Gasteiger charge is -2.34. The molecule has 5 heterocycles. The Bertz CT molecular complexity index is 1080. The largest absolute Gasteiger partial charge is 0.389 e. The maximum absolute atomic E-state index is 11.1. The number of aliphatic hydroxyl groups excluding tert-OH is 2. The highest BCUT2D eigenvalue weighted by molar-refractivity contribution is 7.99. The molecule has 7 atom stereocenters. The van der Waals surface area contributed by atoms with Gasteiger partial charge in [0.1, 0.15) is 28.3 Å². The van der Waals surface area contributed by atoms with Crippen LogP contribution >= 0.6 is 34.7 Å². The van der Waals surface area contributed by atoms with Crippen LogP contribution in [0.2, 0.25) is 5.02 Å². The Balaban J connectivity index is 1.31. The van der Waals surface area contributed by atoms with E-state index in [1.807, 2.05) is 16.3 Å². The number of rotatable bonds is 4. The summed E-state index contributed by atoms with van der Waals surface area (Å²) in [5.41, 5.74) is -0.454. The van der Waals surface area contributed by atoms with Crippen molar-refractivity contribution in [3.63, 3.8) is 0 Å². The third-order valence-electron chi connectivity index (χ3n) is 5.94. The summed E-state index contributed by atoms with van der Waals surface area (Å²) in [5.74, 6) is -0.248. The van der Waals surface area contributed by atoms with Gasteiger partial charge in [0.05, 0.1) is 30.0 Å². The molecule has 1 aliphatic carbocycles. The molecule has 1 saturated carbocycles. The van der Waals surface area contributed by atoms with Gasteiger partial charge >= 0.3 is 0 Å². The second kappa shape index (κ2) is 6.99. The maximum Gasteiger partial charge on any atom is 0.134 e. The zero-order valence-corrected chi connectivity index (χ0v) is 17.8. The van der Waals surface area contributed by atoms with Crippen molar-refractivity contribution in [2.45, 2.75) is 40.3 Å². The highest BCUT2D eigenvalue weighted by Crippen LogP contribution is 2.67. The smallest absolute Gasteiger partial charge is 0.134 e. The van der Waals surface area contributed by atoms with Gasteiger partial charge in [-0.25, -0.2) is 4.98 Å². The van der Waals surface area contributed by atoms with E-state index in [-0.39, 0.29) is 18.6 Å². The van der Waals surface area contributed by atoms with Crippen LogP contribution in [0.25, 0.3) is 10.6 Å². The molecule has 3 aliphatic rings. The van der Waals surface area contributed by atoms with Crippen molar-refractivity contribution in [2.24, 2.45) is 5.92 Å². The number of hydrogen-bond donors (Lipinski definition) is 2.